The fourth-order valence-corrected chi connectivity index (χ4v) is 2.81. The number of nitro groups is 1. The first-order valence-electron chi connectivity index (χ1n) is 9.09. The van der Waals surface area contributed by atoms with Crippen molar-refractivity contribution in [2.45, 2.75) is 63.4 Å². The van der Waals surface area contributed by atoms with Crippen molar-refractivity contribution in [3.8, 4) is 0 Å². The summed E-state index contributed by atoms with van der Waals surface area (Å²) in [5.41, 5.74) is -2.44. The van der Waals surface area contributed by atoms with E-state index in [1.807, 2.05) is 0 Å². The molecule has 1 aliphatic rings. The highest BCUT2D eigenvalue weighted by Crippen LogP contribution is 2.23. The summed E-state index contributed by atoms with van der Waals surface area (Å²) in [5.74, 6) is -1.66. The predicted molar refractivity (Wildman–Crippen MR) is 98.5 cm³/mol. The van der Waals surface area contributed by atoms with E-state index in [1.54, 1.807) is 20.8 Å². The number of carbonyl (C=O) groups is 3. The van der Waals surface area contributed by atoms with Crippen molar-refractivity contribution < 1.29 is 38.3 Å². The first-order valence-corrected chi connectivity index (χ1v) is 9.09. The van der Waals surface area contributed by atoms with Crippen molar-refractivity contribution in [3.05, 3.63) is 10.1 Å². The molecule has 166 valence electrons. The van der Waals surface area contributed by atoms with Crippen LogP contribution >= 0.6 is 0 Å². The number of rotatable bonds is 8. The van der Waals surface area contributed by atoms with Crippen LogP contribution in [0.4, 0.5) is 4.79 Å². The van der Waals surface area contributed by atoms with E-state index >= 15 is 0 Å². The van der Waals surface area contributed by atoms with Gasteiger partial charge in [-0.1, -0.05) is 0 Å². The van der Waals surface area contributed by atoms with Gasteiger partial charge in [0, 0.05) is 11.3 Å². The van der Waals surface area contributed by atoms with Gasteiger partial charge in [-0.15, -0.1) is 0 Å². The van der Waals surface area contributed by atoms with Crippen LogP contribution in [0.1, 0.15) is 40.0 Å². The van der Waals surface area contributed by atoms with Crippen molar-refractivity contribution in [1.29, 1.82) is 0 Å². The third-order valence-corrected chi connectivity index (χ3v) is 4.25. The summed E-state index contributed by atoms with van der Waals surface area (Å²) in [6.07, 6.45) is -1.19. The lowest BCUT2D eigenvalue weighted by molar-refractivity contribution is -0.586. The Labute approximate surface area is 168 Å². The number of hydrogen-bond acceptors (Lipinski definition) is 10. The monoisotopic (exact) mass is 419 g/mol. The summed E-state index contributed by atoms with van der Waals surface area (Å²) in [5, 5.41) is 16.7. The Morgan fingerprint density at radius 3 is 2.07 bits per heavy atom. The lowest BCUT2D eigenvalue weighted by Gasteiger charge is -2.33. The molecule has 12 heteroatoms. The van der Waals surface area contributed by atoms with Crippen molar-refractivity contribution in [3.63, 3.8) is 0 Å². The zero-order valence-corrected chi connectivity index (χ0v) is 17.3. The predicted octanol–water partition coefficient (Wildman–Crippen LogP) is 0.357. The quantitative estimate of drug-likeness (QED) is 0.185. The van der Waals surface area contributed by atoms with Crippen LogP contribution in [-0.2, 0) is 28.5 Å². The smallest absolute Gasteiger partial charge is 0.408 e. The summed E-state index contributed by atoms with van der Waals surface area (Å²) < 4.78 is 19.7. The fourth-order valence-electron chi connectivity index (χ4n) is 2.81. The molecule has 1 aliphatic heterocycles. The van der Waals surface area contributed by atoms with Gasteiger partial charge < -0.3 is 24.3 Å². The molecule has 1 fully saturated rings. The second-order valence-electron chi connectivity index (χ2n) is 7.58. The van der Waals surface area contributed by atoms with E-state index in [1.165, 1.54) is 0 Å². The van der Waals surface area contributed by atoms with Crippen LogP contribution in [0, 0.1) is 10.1 Å². The van der Waals surface area contributed by atoms with Gasteiger partial charge in [0.2, 0.25) is 0 Å². The second kappa shape index (κ2) is 10.3. The van der Waals surface area contributed by atoms with E-state index in [-0.39, 0.29) is 32.5 Å². The average molecular weight is 419 g/mol. The molecule has 1 saturated heterocycles. The molecule has 0 aromatic rings. The molecule has 0 spiro atoms. The Balaban J connectivity index is 3.04. The molecule has 1 heterocycles. The number of carbonyl (C=O) groups excluding carboxylic acids is 3. The highest BCUT2D eigenvalue weighted by Gasteiger charge is 2.48. The van der Waals surface area contributed by atoms with Gasteiger partial charge in [0.05, 0.1) is 40.3 Å². The highest BCUT2D eigenvalue weighted by atomic mass is 16.6. The number of alkyl carbamates (subject to hydrolysis) is 1. The molecule has 29 heavy (non-hydrogen) atoms. The largest absolute Gasteiger partial charge is 0.468 e. The van der Waals surface area contributed by atoms with Gasteiger partial charge in [-0.25, -0.2) is 14.9 Å². The maximum absolute atomic E-state index is 12.3. The molecule has 2 atom stereocenters. The third-order valence-electron chi connectivity index (χ3n) is 4.25. The number of nitrogens with zero attached hydrogens (tertiary/aromatic N) is 1. The standard InChI is InChI=1S/C17H29N3O9/c1-16(2,3)29-15(23)18-11(13(21)26-4)10-12(14(22)27-5)19-17(20(24)25)6-8-28-9-7-17/h11-12,19H,6-10H2,1-5H3,(H,18,23). The maximum Gasteiger partial charge on any atom is 0.408 e. The van der Waals surface area contributed by atoms with Gasteiger partial charge in [-0.05, 0) is 20.8 Å². The topological polar surface area (TPSA) is 155 Å². The molecule has 2 unspecified atom stereocenters. The van der Waals surface area contributed by atoms with Crippen LogP contribution in [0.3, 0.4) is 0 Å². The number of amides is 1. The van der Waals surface area contributed by atoms with Gasteiger partial charge in [0.1, 0.15) is 17.7 Å². The summed E-state index contributed by atoms with van der Waals surface area (Å²) in [6, 6.07) is -2.56. The number of hydrogen-bond donors (Lipinski definition) is 2. The minimum absolute atomic E-state index is 0.0237. The number of methoxy groups -OCH3 is 2. The van der Waals surface area contributed by atoms with Crippen LogP contribution in [0.5, 0.6) is 0 Å². The Morgan fingerprint density at radius 1 is 1.10 bits per heavy atom. The van der Waals surface area contributed by atoms with Crippen LogP contribution in [-0.4, -0.2) is 73.7 Å². The Morgan fingerprint density at radius 2 is 1.62 bits per heavy atom. The van der Waals surface area contributed by atoms with Crippen molar-refractivity contribution in [2.24, 2.45) is 0 Å². The number of esters is 2. The second-order valence-corrected chi connectivity index (χ2v) is 7.58. The van der Waals surface area contributed by atoms with Crippen LogP contribution in [0.2, 0.25) is 0 Å². The van der Waals surface area contributed by atoms with Gasteiger partial charge >= 0.3 is 18.0 Å². The van der Waals surface area contributed by atoms with Crippen LogP contribution in [0.15, 0.2) is 0 Å². The lowest BCUT2D eigenvalue weighted by Crippen LogP contribution is -2.62. The van der Waals surface area contributed by atoms with E-state index in [0.29, 0.717) is 0 Å². The van der Waals surface area contributed by atoms with Gasteiger partial charge in [-0.3, -0.25) is 14.9 Å². The summed E-state index contributed by atoms with van der Waals surface area (Å²) in [7, 11) is 2.23. The summed E-state index contributed by atoms with van der Waals surface area (Å²) in [4.78, 5) is 47.7. The minimum Gasteiger partial charge on any atom is -0.468 e. The van der Waals surface area contributed by atoms with Crippen molar-refractivity contribution in [2.75, 3.05) is 27.4 Å². The molecule has 1 amide bonds. The lowest BCUT2D eigenvalue weighted by atomic mass is 9.97. The van der Waals surface area contributed by atoms with Crippen molar-refractivity contribution in [1.82, 2.24) is 10.6 Å². The molecule has 12 nitrogen and oxygen atoms in total. The molecule has 1 rings (SSSR count). The Bertz CT molecular complexity index is 612. The fraction of sp³-hybridized carbons (Fsp3) is 0.824. The molecule has 0 saturated carbocycles. The molecule has 0 aliphatic carbocycles. The minimum atomic E-state index is -1.62. The molecule has 0 aromatic heterocycles. The zero-order valence-electron chi connectivity index (χ0n) is 17.3. The first-order chi connectivity index (χ1) is 13.4. The number of ether oxygens (including phenoxy) is 4. The van der Waals surface area contributed by atoms with Gasteiger partial charge in [0.25, 0.3) is 5.66 Å². The Kier molecular flexibility index (Phi) is 8.77. The average Bonchev–Trinajstić information content (AvgIpc) is 2.64. The molecule has 0 aromatic carbocycles. The van der Waals surface area contributed by atoms with Crippen molar-refractivity contribution >= 4 is 18.0 Å². The third kappa shape index (κ3) is 7.46. The van der Waals surface area contributed by atoms with Crippen LogP contribution in [0.25, 0.3) is 0 Å². The van der Waals surface area contributed by atoms with Gasteiger partial charge in [0.15, 0.2) is 0 Å². The van der Waals surface area contributed by atoms with E-state index < -0.39 is 46.3 Å². The number of nitrogens with one attached hydrogen (secondary N) is 2. The summed E-state index contributed by atoms with van der Waals surface area (Å²) in [6.45, 7) is 5.20. The Hall–Kier alpha value is -2.47. The van der Waals surface area contributed by atoms with Crippen LogP contribution < -0.4 is 10.6 Å². The molecule has 2 N–H and O–H groups in total. The zero-order chi connectivity index (χ0) is 22.2. The van der Waals surface area contributed by atoms with E-state index in [0.717, 1.165) is 14.2 Å². The first kappa shape index (κ1) is 24.6. The molecular formula is C17H29N3O9. The van der Waals surface area contributed by atoms with E-state index in [2.05, 4.69) is 15.4 Å². The van der Waals surface area contributed by atoms with E-state index in [4.69, 9.17) is 14.2 Å². The van der Waals surface area contributed by atoms with Gasteiger partial charge in [-0.2, -0.15) is 0 Å². The SMILES string of the molecule is COC(=O)C(CC(NC1([N+](=O)[O-])CCOCC1)C(=O)OC)NC(=O)OC(C)(C)C. The normalized spacial score (nSPS) is 18.1. The maximum atomic E-state index is 12.3. The summed E-state index contributed by atoms with van der Waals surface area (Å²) >= 11 is 0. The molecule has 0 bridgehead atoms. The molecular weight excluding hydrogens is 390 g/mol. The highest BCUT2D eigenvalue weighted by molar-refractivity contribution is 5.83. The molecule has 0 radical (unpaired) electrons. The van der Waals surface area contributed by atoms with E-state index in [9.17, 15) is 24.5 Å².